The van der Waals surface area contributed by atoms with Crippen molar-refractivity contribution in [3.8, 4) is 5.75 Å². The van der Waals surface area contributed by atoms with E-state index in [2.05, 4.69) is 22.0 Å². The van der Waals surface area contributed by atoms with Crippen LogP contribution in [0.2, 0.25) is 5.02 Å². The van der Waals surface area contributed by atoms with Crippen LogP contribution in [0.25, 0.3) is 0 Å². The third-order valence-electron chi connectivity index (χ3n) is 4.38. The van der Waals surface area contributed by atoms with Crippen molar-refractivity contribution in [1.29, 1.82) is 0 Å². The standard InChI is InChI=1S/C18H23ClN4O3S/c1-3-22-8-10-23(11-9-22)17(24)13(2)27-18-21-20-16(26-18)12-25-15-6-4-14(19)5-7-15/h4-7,13H,3,8-12H2,1-2H3. The average Bonchev–Trinajstić information content (AvgIpc) is 3.14. The number of carbonyl (C=O) groups excluding carboxylic acids is 1. The molecule has 1 aliphatic rings. The van der Waals surface area contributed by atoms with E-state index in [1.165, 1.54) is 11.8 Å². The maximum Gasteiger partial charge on any atom is 0.277 e. The summed E-state index contributed by atoms with van der Waals surface area (Å²) in [5.74, 6) is 1.14. The highest BCUT2D eigenvalue weighted by molar-refractivity contribution is 8.00. The molecule has 1 amide bonds. The normalized spacial score (nSPS) is 16.3. The second kappa shape index (κ2) is 9.43. The zero-order chi connectivity index (χ0) is 19.2. The number of ether oxygens (including phenoxy) is 1. The van der Waals surface area contributed by atoms with Gasteiger partial charge in [-0.15, -0.1) is 10.2 Å². The van der Waals surface area contributed by atoms with Crippen LogP contribution in [0.3, 0.4) is 0 Å². The summed E-state index contributed by atoms with van der Waals surface area (Å²) in [6.45, 7) is 8.57. The molecule has 0 N–H and O–H groups in total. The number of halogens is 1. The molecule has 1 aromatic heterocycles. The molecule has 0 bridgehead atoms. The van der Waals surface area contributed by atoms with Gasteiger partial charge in [-0.3, -0.25) is 4.79 Å². The summed E-state index contributed by atoms with van der Waals surface area (Å²) in [6.07, 6.45) is 0. The van der Waals surface area contributed by atoms with Crippen LogP contribution in [0, 0.1) is 0 Å². The molecule has 1 fully saturated rings. The number of hydrogen-bond donors (Lipinski definition) is 0. The Labute approximate surface area is 168 Å². The van der Waals surface area contributed by atoms with Crippen LogP contribution in [0.4, 0.5) is 0 Å². The molecule has 7 nitrogen and oxygen atoms in total. The number of hydrogen-bond acceptors (Lipinski definition) is 7. The van der Waals surface area contributed by atoms with Crippen LogP contribution in [-0.2, 0) is 11.4 Å². The predicted molar refractivity (Wildman–Crippen MR) is 104 cm³/mol. The first-order valence-corrected chi connectivity index (χ1v) is 10.2. The first kappa shape index (κ1) is 20.0. The van der Waals surface area contributed by atoms with Crippen molar-refractivity contribution >= 4 is 29.3 Å². The van der Waals surface area contributed by atoms with Gasteiger partial charge < -0.3 is 19.0 Å². The molecule has 2 aromatic rings. The Morgan fingerprint density at radius 2 is 1.96 bits per heavy atom. The average molecular weight is 411 g/mol. The highest BCUT2D eigenvalue weighted by atomic mass is 35.5. The number of piperazine rings is 1. The number of likely N-dealkylation sites (N-methyl/N-ethyl adjacent to an activating group) is 1. The van der Waals surface area contributed by atoms with Crippen molar-refractivity contribution in [2.24, 2.45) is 0 Å². The minimum absolute atomic E-state index is 0.105. The molecule has 0 radical (unpaired) electrons. The number of rotatable bonds is 7. The third kappa shape index (κ3) is 5.60. The lowest BCUT2D eigenvalue weighted by Crippen LogP contribution is -2.50. The monoisotopic (exact) mass is 410 g/mol. The number of amides is 1. The molecule has 0 spiro atoms. The highest BCUT2D eigenvalue weighted by Crippen LogP contribution is 2.24. The number of thioether (sulfide) groups is 1. The van der Waals surface area contributed by atoms with E-state index in [1.807, 2.05) is 11.8 Å². The molecule has 146 valence electrons. The van der Waals surface area contributed by atoms with Crippen molar-refractivity contribution in [1.82, 2.24) is 20.0 Å². The summed E-state index contributed by atoms with van der Waals surface area (Å²) in [6, 6.07) is 7.04. The van der Waals surface area contributed by atoms with Crippen LogP contribution in [-0.4, -0.2) is 63.9 Å². The van der Waals surface area contributed by atoms with E-state index >= 15 is 0 Å². The molecule has 27 heavy (non-hydrogen) atoms. The quantitative estimate of drug-likeness (QED) is 0.650. The summed E-state index contributed by atoms with van der Waals surface area (Å²) in [4.78, 5) is 16.9. The van der Waals surface area contributed by atoms with Crippen LogP contribution in [0.1, 0.15) is 19.7 Å². The SMILES string of the molecule is CCN1CCN(C(=O)C(C)Sc2nnc(COc3ccc(Cl)cc3)o2)CC1. The van der Waals surface area contributed by atoms with Gasteiger partial charge in [-0.05, 0) is 37.7 Å². The number of aromatic nitrogens is 2. The molecular formula is C18H23ClN4O3S. The Kier molecular flexibility index (Phi) is 6.98. The van der Waals surface area contributed by atoms with Crippen LogP contribution >= 0.6 is 23.4 Å². The van der Waals surface area contributed by atoms with Gasteiger partial charge in [0.1, 0.15) is 5.75 Å². The van der Waals surface area contributed by atoms with Crippen molar-refractivity contribution < 1.29 is 13.9 Å². The van der Waals surface area contributed by atoms with Gasteiger partial charge in [-0.25, -0.2) is 0 Å². The Morgan fingerprint density at radius 1 is 1.26 bits per heavy atom. The van der Waals surface area contributed by atoms with Gasteiger partial charge in [0.2, 0.25) is 5.91 Å². The number of carbonyl (C=O) groups is 1. The molecule has 9 heteroatoms. The fourth-order valence-corrected chi connectivity index (χ4v) is 3.67. The van der Waals surface area contributed by atoms with E-state index in [4.69, 9.17) is 20.8 Å². The fourth-order valence-electron chi connectivity index (χ4n) is 2.76. The number of benzene rings is 1. The lowest BCUT2D eigenvalue weighted by Gasteiger charge is -2.35. The first-order chi connectivity index (χ1) is 13.0. The Bertz CT molecular complexity index is 747. The van der Waals surface area contributed by atoms with E-state index in [9.17, 15) is 4.79 Å². The molecule has 0 saturated carbocycles. The minimum Gasteiger partial charge on any atom is -0.484 e. The molecule has 1 aromatic carbocycles. The Balaban J connectivity index is 1.48. The minimum atomic E-state index is -0.274. The topological polar surface area (TPSA) is 71.7 Å². The van der Waals surface area contributed by atoms with Crippen molar-refractivity contribution in [2.75, 3.05) is 32.7 Å². The molecule has 2 heterocycles. The van der Waals surface area contributed by atoms with Crippen LogP contribution in [0.15, 0.2) is 33.9 Å². The fraction of sp³-hybridized carbons (Fsp3) is 0.500. The molecule has 1 atom stereocenters. The lowest BCUT2D eigenvalue weighted by molar-refractivity contribution is -0.132. The highest BCUT2D eigenvalue weighted by Gasteiger charge is 2.26. The molecule has 0 aliphatic carbocycles. The summed E-state index contributed by atoms with van der Waals surface area (Å²) < 4.78 is 11.2. The largest absolute Gasteiger partial charge is 0.484 e. The van der Waals surface area contributed by atoms with Gasteiger partial charge in [-0.2, -0.15) is 0 Å². The molecule has 1 aliphatic heterocycles. The van der Waals surface area contributed by atoms with Gasteiger partial charge in [0.15, 0.2) is 6.61 Å². The van der Waals surface area contributed by atoms with Crippen molar-refractivity contribution in [2.45, 2.75) is 30.9 Å². The van der Waals surface area contributed by atoms with Crippen molar-refractivity contribution in [3.63, 3.8) is 0 Å². The van der Waals surface area contributed by atoms with E-state index in [-0.39, 0.29) is 17.8 Å². The van der Waals surface area contributed by atoms with Gasteiger partial charge in [0.05, 0.1) is 5.25 Å². The van der Waals surface area contributed by atoms with E-state index in [0.717, 1.165) is 32.7 Å². The first-order valence-electron chi connectivity index (χ1n) is 8.93. The van der Waals surface area contributed by atoms with Crippen LogP contribution in [0.5, 0.6) is 5.75 Å². The summed E-state index contributed by atoms with van der Waals surface area (Å²) in [5, 5.41) is 8.72. The van der Waals surface area contributed by atoms with Gasteiger partial charge in [-0.1, -0.05) is 30.3 Å². The third-order valence-corrected chi connectivity index (χ3v) is 5.55. The number of nitrogens with zero attached hydrogens (tertiary/aromatic N) is 4. The molecule has 1 unspecified atom stereocenters. The maximum absolute atomic E-state index is 12.6. The summed E-state index contributed by atoms with van der Waals surface area (Å²) >= 11 is 7.12. The second-order valence-electron chi connectivity index (χ2n) is 6.22. The molecular weight excluding hydrogens is 388 g/mol. The zero-order valence-corrected chi connectivity index (χ0v) is 17.0. The molecule has 3 rings (SSSR count). The maximum atomic E-state index is 12.6. The summed E-state index contributed by atoms with van der Waals surface area (Å²) in [5.41, 5.74) is 0. The van der Waals surface area contributed by atoms with E-state index in [0.29, 0.717) is 21.9 Å². The van der Waals surface area contributed by atoms with Gasteiger partial charge in [0, 0.05) is 31.2 Å². The smallest absolute Gasteiger partial charge is 0.277 e. The Hall–Kier alpha value is -1.77. The van der Waals surface area contributed by atoms with Gasteiger partial charge in [0.25, 0.3) is 11.1 Å². The van der Waals surface area contributed by atoms with Gasteiger partial charge >= 0.3 is 0 Å². The zero-order valence-electron chi connectivity index (χ0n) is 15.4. The second-order valence-corrected chi connectivity index (χ2v) is 7.95. The Morgan fingerprint density at radius 3 is 2.63 bits per heavy atom. The lowest BCUT2D eigenvalue weighted by atomic mass is 10.3. The molecule has 1 saturated heterocycles. The van der Waals surface area contributed by atoms with E-state index in [1.54, 1.807) is 24.3 Å². The van der Waals surface area contributed by atoms with E-state index < -0.39 is 0 Å². The van der Waals surface area contributed by atoms with Crippen LogP contribution < -0.4 is 4.74 Å². The predicted octanol–water partition coefficient (Wildman–Crippen LogP) is 2.95. The van der Waals surface area contributed by atoms with Crippen molar-refractivity contribution in [3.05, 3.63) is 35.2 Å². The summed E-state index contributed by atoms with van der Waals surface area (Å²) in [7, 11) is 0.